The molecule has 6 aromatic rings. The van der Waals surface area contributed by atoms with Crippen molar-refractivity contribution in [1.29, 1.82) is 0 Å². The second kappa shape index (κ2) is 17.9. The summed E-state index contributed by atoms with van der Waals surface area (Å²) in [5.41, 5.74) is 2.64. The Morgan fingerprint density at radius 3 is 1.62 bits per heavy atom. The summed E-state index contributed by atoms with van der Waals surface area (Å²) in [6.45, 7) is 10.2. The lowest BCUT2D eigenvalue weighted by atomic mass is 10.0. The number of rotatable bonds is 6. The average molecular weight is 757 g/mol. The number of carbonyl (C=O) groups is 2. The van der Waals surface area contributed by atoms with Crippen LogP contribution in [0.2, 0.25) is 5.35 Å². The molecule has 4 aromatic carbocycles. The number of anilines is 2. The van der Waals surface area contributed by atoms with Crippen molar-refractivity contribution in [3.63, 3.8) is 0 Å². The van der Waals surface area contributed by atoms with Gasteiger partial charge in [0.05, 0.1) is 0 Å². The number of halogens is 4. The minimum Gasteiger partial charge on any atom is -1.00 e. The van der Waals surface area contributed by atoms with Crippen molar-refractivity contribution in [3.8, 4) is 6.08 Å². The molecule has 0 fully saturated rings. The van der Waals surface area contributed by atoms with Gasteiger partial charge in [-0.15, -0.1) is 0 Å². The Hall–Kier alpha value is -5.04. The summed E-state index contributed by atoms with van der Waals surface area (Å²) in [5.74, 6) is -1.57. The first-order chi connectivity index (χ1) is 24.1. The van der Waals surface area contributed by atoms with Crippen molar-refractivity contribution in [2.24, 2.45) is 0 Å². The normalized spacial score (nSPS) is 11.0. The zero-order valence-corrected chi connectivity index (χ0v) is 31.0. The molecule has 0 aliphatic carbocycles. The van der Waals surface area contributed by atoms with E-state index in [9.17, 15) is 18.4 Å². The van der Waals surface area contributed by atoms with Crippen LogP contribution in [0.5, 0.6) is 6.08 Å². The van der Waals surface area contributed by atoms with Crippen molar-refractivity contribution in [1.82, 2.24) is 9.97 Å². The van der Waals surface area contributed by atoms with E-state index in [4.69, 9.17) is 30.3 Å². The molecule has 10 nitrogen and oxygen atoms in total. The monoisotopic (exact) mass is 755 g/mol. The highest BCUT2D eigenvalue weighted by molar-refractivity contribution is 6.28. The number of hydrogen-bond donors (Lipinski definition) is 1. The predicted molar refractivity (Wildman–Crippen MR) is 193 cm³/mol. The van der Waals surface area contributed by atoms with Crippen molar-refractivity contribution in [3.05, 3.63) is 114 Å². The molecular weight excluding hydrogens is 717 g/mol. The summed E-state index contributed by atoms with van der Waals surface area (Å²) in [4.78, 5) is 35.3. The smallest absolute Gasteiger partial charge is 0.395 e. The van der Waals surface area contributed by atoms with E-state index in [1.807, 2.05) is 77.9 Å². The van der Waals surface area contributed by atoms with Gasteiger partial charge in [-0.05, 0) is 114 Å². The van der Waals surface area contributed by atoms with Gasteiger partial charge in [0.2, 0.25) is 0 Å². The summed E-state index contributed by atoms with van der Waals surface area (Å²) in [6.07, 6.45) is 0.0302. The van der Waals surface area contributed by atoms with Crippen LogP contribution >= 0.6 is 11.6 Å². The van der Waals surface area contributed by atoms with Gasteiger partial charge in [0.1, 0.15) is 29.3 Å². The molecule has 0 saturated heterocycles. The van der Waals surface area contributed by atoms with Crippen LogP contribution in [0.4, 0.5) is 20.2 Å². The van der Waals surface area contributed by atoms with Crippen molar-refractivity contribution < 1.29 is 49.5 Å². The van der Waals surface area contributed by atoms with Gasteiger partial charge in [-0.1, -0.05) is 36.4 Å². The molecule has 0 bridgehead atoms. The Morgan fingerprint density at radius 1 is 0.712 bits per heavy atom. The van der Waals surface area contributed by atoms with Crippen LogP contribution in [-0.2, 0) is 9.59 Å². The number of oxazole rings is 2. The van der Waals surface area contributed by atoms with Crippen LogP contribution in [0.1, 0.15) is 41.5 Å². The van der Waals surface area contributed by atoms with Crippen LogP contribution < -0.4 is 26.9 Å². The second-order valence-electron chi connectivity index (χ2n) is 13.1. The van der Waals surface area contributed by atoms with E-state index in [1.54, 1.807) is 30.3 Å². The maximum absolute atomic E-state index is 13.6. The van der Waals surface area contributed by atoms with E-state index in [1.165, 1.54) is 40.1 Å². The molecule has 2 aromatic heterocycles. The predicted octanol–water partition coefficient (Wildman–Crippen LogP) is 5.61. The van der Waals surface area contributed by atoms with Crippen molar-refractivity contribution in [2.45, 2.75) is 52.6 Å². The fraction of sp³-hybridized carbons (Fsp3) is 0.263. The largest absolute Gasteiger partial charge is 1.00 e. The van der Waals surface area contributed by atoms with Crippen LogP contribution in [0.15, 0.2) is 106 Å². The van der Waals surface area contributed by atoms with Gasteiger partial charge in [-0.3, -0.25) is 9.59 Å². The van der Waals surface area contributed by atoms with Gasteiger partial charge >= 0.3 is 6.08 Å². The number of fused-ring (bicyclic) bond motifs is 2. The summed E-state index contributed by atoms with van der Waals surface area (Å²) < 4.78 is 42.5. The first-order valence-electron chi connectivity index (χ1n) is 15.8. The molecule has 0 spiro atoms. The maximum atomic E-state index is 13.6. The van der Waals surface area contributed by atoms with Gasteiger partial charge in [-0.2, -0.15) is 9.97 Å². The van der Waals surface area contributed by atoms with E-state index in [0.717, 1.165) is 11.1 Å². The van der Waals surface area contributed by atoms with Crippen LogP contribution in [0.25, 0.3) is 22.2 Å². The van der Waals surface area contributed by atoms with Crippen molar-refractivity contribution >= 4 is 57.0 Å². The lowest BCUT2D eigenvalue weighted by molar-refractivity contribution is -0.122. The molecule has 0 saturated carbocycles. The third-order valence-electron chi connectivity index (χ3n) is 6.97. The Kier molecular flexibility index (Phi) is 14.3. The topological polar surface area (TPSA) is 122 Å². The van der Waals surface area contributed by atoms with E-state index >= 15 is 0 Å². The molecule has 2 amide bonds. The number of aromatic nitrogens is 2. The lowest BCUT2D eigenvalue weighted by Gasteiger charge is -2.35. The number of nitrogens with zero attached hydrogens (tertiary/aromatic N) is 4. The number of aliphatic hydroxyl groups is 1. The average Bonchev–Trinajstić information content (AvgIpc) is 3.65. The first kappa shape index (κ1) is 41.4. The number of ether oxygens (including phenoxy) is 1. The summed E-state index contributed by atoms with van der Waals surface area (Å²) in [7, 11) is 0. The molecule has 0 atom stereocenters. The number of aliphatic hydroxyl groups excluding tert-OH is 1. The van der Waals surface area contributed by atoms with Crippen LogP contribution in [-0.4, -0.2) is 51.2 Å². The molecule has 0 radical (unpaired) electrons. The molecule has 52 heavy (non-hydrogen) atoms. The Morgan fingerprint density at radius 2 is 1.17 bits per heavy atom. The Balaban J connectivity index is 0.000000230. The Bertz CT molecular complexity index is 2030. The lowest BCUT2D eigenvalue weighted by Crippen LogP contribution is -3.00. The zero-order valence-electron chi connectivity index (χ0n) is 29.4. The van der Waals surface area contributed by atoms with Gasteiger partial charge in [-0.25, -0.2) is 8.78 Å². The van der Waals surface area contributed by atoms with Gasteiger partial charge in [0.25, 0.3) is 17.2 Å². The Labute approximate surface area is 311 Å². The summed E-state index contributed by atoms with van der Waals surface area (Å²) in [6, 6.07) is 26.4. The maximum Gasteiger partial charge on any atom is 0.395 e. The van der Waals surface area contributed by atoms with Crippen molar-refractivity contribution in [2.75, 3.05) is 23.0 Å². The molecule has 14 heteroatoms. The molecule has 1 N–H and O–H groups in total. The van der Waals surface area contributed by atoms with Gasteiger partial charge in [0, 0.05) is 22.5 Å². The molecule has 276 valence electrons. The SMILES string of the molecule is CC(C)(C)N(C(=O)CO)c1cccc(F)c1.CC(C)(C)N(C(=O)COc1nc2ccccc2o1)c1cccc(F)c1.Clc1nc2ccccc2o1.[Cl-]. The van der Waals surface area contributed by atoms with Crippen LogP contribution in [0, 0.1) is 11.6 Å². The number of carbonyl (C=O) groups excluding carboxylic acids is 2. The molecular formula is C38H39Cl2F2N4O6-. The fourth-order valence-electron chi connectivity index (χ4n) is 5.06. The van der Waals surface area contributed by atoms with E-state index in [-0.39, 0.29) is 36.3 Å². The highest BCUT2D eigenvalue weighted by atomic mass is 35.5. The van der Waals surface area contributed by atoms with Gasteiger partial charge in [0.15, 0.2) is 17.8 Å². The summed E-state index contributed by atoms with van der Waals surface area (Å²) in [5, 5.41) is 9.11. The third-order valence-corrected chi connectivity index (χ3v) is 7.13. The van der Waals surface area contributed by atoms with E-state index in [2.05, 4.69) is 9.97 Å². The number of hydrogen-bond acceptors (Lipinski definition) is 8. The minimum absolute atomic E-state index is 0. The molecule has 6 rings (SSSR count). The highest BCUT2D eigenvalue weighted by Crippen LogP contribution is 2.27. The highest BCUT2D eigenvalue weighted by Gasteiger charge is 2.29. The third kappa shape index (κ3) is 11.2. The standard InChI is InChI=1S/C19H19FN2O3.C12H16FNO2.C7H4ClNO.ClH/c1-19(2,3)22(14-8-6-7-13(20)11-14)17(23)12-24-18-21-15-9-4-5-10-16(15)25-18;1-12(2,3)14(11(16)8-15)10-6-4-5-9(13)7-10;8-7-9-5-3-1-2-4-6(5)10-7;/h4-11H,12H2,1-3H3;4-7,15H,8H2,1-3H3;1-4H;1H/p-1. The van der Waals surface area contributed by atoms with E-state index in [0.29, 0.717) is 22.5 Å². The molecule has 2 heterocycles. The number of para-hydroxylation sites is 4. The van der Waals surface area contributed by atoms with Crippen LogP contribution in [0.3, 0.4) is 0 Å². The minimum atomic E-state index is -0.590. The number of benzene rings is 4. The quantitative estimate of drug-likeness (QED) is 0.233. The molecule has 0 unspecified atom stereocenters. The number of amides is 2. The molecule has 0 aliphatic rings. The second-order valence-corrected chi connectivity index (χ2v) is 13.4. The summed E-state index contributed by atoms with van der Waals surface area (Å²) >= 11 is 5.51. The first-order valence-corrected chi connectivity index (χ1v) is 16.2. The molecule has 0 aliphatic heterocycles. The fourth-order valence-corrected chi connectivity index (χ4v) is 5.23. The zero-order chi connectivity index (χ0) is 37.3. The van der Waals surface area contributed by atoms with E-state index < -0.39 is 35.2 Å². The van der Waals surface area contributed by atoms with Gasteiger partial charge < -0.3 is 40.9 Å².